The van der Waals surface area contributed by atoms with Gasteiger partial charge in [-0.3, -0.25) is 9.59 Å². The monoisotopic (exact) mass is 322 g/mol. The Balaban J connectivity index is 2.43. The number of rotatable bonds is 5. The number of benzene rings is 1. The third-order valence-electron chi connectivity index (χ3n) is 3.66. The summed E-state index contributed by atoms with van der Waals surface area (Å²) in [5.74, 6) is -1.27. The van der Waals surface area contributed by atoms with Crippen LogP contribution in [0, 0.1) is 0 Å². The van der Waals surface area contributed by atoms with Crippen molar-refractivity contribution in [1.82, 2.24) is 9.80 Å². The van der Waals surface area contributed by atoms with E-state index >= 15 is 0 Å². The SMILES string of the molecule is CC(=O)C1=C(O)C(=O)N(CCN(C)C)[C@@H]1c1ccc(Cl)cc1. The van der Waals surface area contributed by atoms with Crippen molar-refractivity contribution >= 4 is 23.3 Å². The zero-order valence-electron chi connectivity index (χ0n) is 12.8. The van der Waals surface area contributed by atoms with Gasteiger partial charge < -0.3 is 14.9 Å². The summed E-state index contributed by atoms with van der Waals surface area (Å²) in [7, 11) is 3.80. The molecule has 1 aliphatic heterocycles. The predicted molar refractivity (Wildman–Crippen MR) is 84.8 cm³/mol. The predicted octanol–water partition coefficient (Wildman–Crippen LogP) is 2.19. The first kappa shape index (κ1) is 16.5. The van der Waals surface area contributed by atoms with Gasteiger partial charge in [0.25, 0.3) is 5.91 Å². The highest BCUT2D eigenvalue weighted by Crippen LogP contribution is 2.37. The van der Waals surface area contributed by atoms with Gasteiger partial charge in [0.05, 0.1) is 11.6 Å². The number of ketones is 1. The van der Waals surface area contributed by atoms with Gasteiger partial charge in [0.15, 0.2) is 11.5 Å². The molecule has 2 rings (SSSR count). The van der Waals surface area contributed by atoms with E-state index in [0.29, 0.717) is 18.1 Å². The maximum Gasteiger partial charge on any atom is 0.290 e. The molecule has 0 fully saturated rings. The van der Waals surface area contributed by atoms with Crippen molar-refractivity contribution in [3.63, 3.8) is 0 Å². The third kappa shape index (κ3) is 3.15. The van der Waals surface area contributed by atoms with Gasteiger partial charge in [-0.15, -0.1) is 0 Å². The molecule has 6 heteroatoms. The molecule has 0 saturated carbocycles. The molecule has 0 radical (unpaired) electrons. The molecule has 22 heavy (non-hydrogen) atoms. The molecule has 5 nitrogen and oxygen atoms in total. The Hall–Kier alpha value is -1.85. The molecule has 1 aliphatic rings. The minimum atomic E-state index is -0.567. The van der Waals surface area contributed by atoms with Crippen molar-refractivity contribution < 1.29 is 14.7 Å². The average molecular weight is 323 g/mol. The number of halogens is 1. The number of nitrogens with zero attached hydrogens (tertiary/aromatic N) is 2. The van der Waals surface area contributed by atoms with E-state index in [4.69, 9.17) is 11.6 Å². The molecule has 1 atom stereocenters. The molecule has 118 valence electrons. The highest BCUT2D eigenvalue weighted by Gasteiger charge is 2.41. The summed E-state index contributed by atoms with van der Waals surface area (Å²) in [6, 6.07) is 6.38. The molecule has 0 saturated heterocycles. The van der Waals surface area contributed by atoms with E-state index in [1.54, 1.807) is 24.3 Å². The lowest BCUT2D eigenvalue weighted by molar-refractivity contribution is -0.129. The Kier molecular flexibility index (Phi) is 4.88. The van der Waals surface area contributed by atoms with Crippen molar-refractivity contribution in [2.45, 2.75) is 13.0 Å². The second kappa shape index (κ2) is 6.50. The minimum Gasteiger partial charge on any atom is -0.503 e. The topological polar surface area (TPSA) is 60.9 Å². The lowest BCUT2D eigenvalue weighted by atomic mass is 9.97. The molecule has 0 bridgehead atoms. The molecule has 1 amide bonds. The second-order valence-corrected chi connectivity index (χ2v) is 6.01. The Labute approximate surface area is 134 Å². The highest BCUT2D eigenvalue weighted by atomic mass is 35.5. The van der Waals surface area contributed by atoms with Crippen molar-refractivity contribution in [3.8, 4) is 0 Å². The van der Waals surface area contributed by atoms with Gasteiger partial charge in [-0.25, -0.2) is 0 Å². The zero-order valence-corrected chi connectivity index (χ0v) is 13.6. The van der Waals surface area contributed by atoms with E-state index < -0.39 is 17.7 Å². The quantitative estimate of drug-likeness (QED) is 0.902. The maximum atomic E-state index is 12.3. The molecule has 0 aromatic heterocycles. The van der Waals surface area contributed by atoms with Gasteiger partial charge in [0, 0.05) is 18.1 Å². The van der Waals surface area contributed by atoms with Crippen LogP contribution in [0.3, 0.4) is 0 Å². The van der Waals surface area contributed by atoms with Crippen LogP contribution in [0.5, 0.6) is 0 Å². The molecule has 0 unspecified atom stereocenters. The van der Waals surface area contributed by atoms with Crippen LogP contribution in [-0.4, -0.2) is 53.8 Å². The smallest absolute Gasteiger partial charge is 0.290 e. The van der Waals surface area contributed by atoms with Crippen molar-refractivity contribution in [1.29, 1.82) is 0 Å². The normalized spacial score (nSPS) is 18.5. The van der Waals surface area contributed by atoms with E-state index in [-0.39, 0.29) is 11.4 Å². The first-order valence-corrected chi connectivity index (χ1v) is 7.36. The summed E-state index contributed by atoms with van der Waals surface area (Å²) >= 11 is 5.90. The van der Waals surface area contributed by atoms with Crippen LogP contribution in [0.1, 0.15) is 18.5 Å². The maximum absolute atomic E-state index is 12.3. The number of Topliss-reactive ketones (excluding diaryl/α,β-unsaturated/α-hetero) is 1. The van der Waals surface area contributed by atoms with E-state index in [1.807, 2.05) is 19.0 Å². The number of carbonyl (C=O) groups is 2. The summed E-state index contributed by atoms with van der Waals surface area (Å²) < 4.78 is 0. The summed E-state index contributed by atoms with van der Waals surface area (Å²) in [5, 5.41) is 10.7. The summed E-state index contributed by atoms with van der Waals surface area (Å²) in [6.45, 7) is 2.41. The fourth-order valence-electron chi connectivity index (χ4n) is 2.54. The van der Waals surface area contributed by atoms with Crippen molar-refractivity contribution in [2.24, 2.45) is 0 Å². The number of aliphatic hydroxyl groups is 1. The van der Waals surface area contributed by atoms with Crippen molar-refractivity contribution in [3.05, 3.63) is 46.2 Å². The minimum absolute atomic E-state index is 0.145. The van der Waals surface area contributed by atoms with Crippen LogP contribution in [0.2, 0.25) is 5.02 Å². The van der Waals surface area contributed by atoms with Crippen LogP contribution in [0.15, 0.2) is 35.6 Å². The van der Waals surface area contributed by atoms with Gasteiger partial charge in [-0.05, 0) is 38.7 Å². The van der Waals surface area contributed by atoms with Crippen LogP contribution < -0.4 is 0 Å². The number of hydrogen-bond donors (Lipinski definition) is 1. The molecule has 1 aromatic rings. The van der Waals surface area contributed by atoms with E-state index in [0.717, 1.165) is 5.56 Å². The fourth-order valence-corrected chi connectivity index (χ4v) is 2.67. The van der Waals surface area contributed by atoms with Crippen LogP contribution >= 0.6 is 11.6 Å². The largest absolute Gasteiger partial charge is 0.503 e. The van der Waals surface area contributed by atoms with Crippen LogP contribution in [0.4, 0.5) is 0 Å². The average Bonchev–Trinajstić information content (AvgIpc) is 2.70. The molecular weight excluding hydrogens is 304 g/mol. The van der Waals surface area contributed by atoms with Gasteiger partial charge in [-0.1, -0.05) is 23.7 Å². The van der Waals surface area contributed by atoms with E-state index in [1.165, 1.54) is 11.8 Å². The number of carbonyl (C=O) groups excluding carboxylic acids is 2. The van der Waals surface area contributed by atoms with Crippen LogP contribution in [0.25, 0.3) is 0 Å². The highest BCUT2D eigenvalue weighted by molar-refractivity contribution is 6.30. The molecule has 1 heterocycles. The molecular formula is C16H19ClN2O3. The Bertz CT molecular complexity index is 623. The van der Waals surface area contributed by atoms with Crippen LogP contribution in [-0.2, 0) is 9.59 Å². The number of likely N-dealkylation sites (N-methyl/N-ethyl adjacent to an activating group) is 1. The lowest BCUT2D eigenvalue weighted by Crippen LogP contribution is -2.36. The van der Waals surface area contributed by atoms with E-state index in [2.05, 4.69) is 0 Å². The number of amides is 1. The van der Waals surface area contributed by atoms with Crippen molar-refractivity contribution in [2.75, 3.05) is 27.2 Å². The summed E-state index contributed by atoms with van der Waals surface area (Å²) in [6.07, 6.45) is 0. The number of hydrogen-bond acceptors (Lipinski definition) is 4. The summed E-state index contributed by atoms with van der Waals surface area (Å²) in [5.41, 5.74) is 0.900. The van der Waals surface area contributed by atoms with Gasteiger partial charge >= 0.3 is 0 Å². The Morgan fingerprint density at radius 1 is 1.32 bits per heavy atom. The van der Waals surface area contributed by atoms with Gasteiger partial charge in [-0.2, -0.15) is 0 Å². The van der Waals surface area contributed by atoms with Gasteiger partial charge in [0.1, 0.15) is 0 Å². The second-order valence-electron chi connectivity index (χ2n) is 5.57. The van der Waals surface area contributed by atoms with Gasteiger partial charge in [0.2, 0.25) is 0 Å². The van der Waals surface area contributed by atoms with E-state index in [9.17, 15) is 14.7 Å². The lowest BCUT2D eigenvalue weighted by Gasteiger charge is -2.27. The standard InChI is InChI=1S/C16H19ClN2O3/c1-10(20)13-14(11-4-6-12(17)7-5-11)19(9-8-18(2)3)16(22)15(13)21/h4-7,14,21H,8-9H2,1-3H3/t14-/m1/s1. The molecule has 1 N–H and O–H groups in total. The first-order chi connectivity index (χ1) is 10.3. The Morgan fingerprint density at radius 3 is 2.41 bits per heavy atom. The zero-order chi connectivity index (χ0) is 16.4. The molecule has 1 aromatic carbocycles. The Morgan fingerprint density at radius 2 is 1.91 bits per heavy atom. The fraction of sp³-hybridized carbons (Fsp3) is 0.375. The third-order valence-corrected chi connectivity index (χ3v) is 3.91. The molecule has 0 aliphatic carbocycles. The first-order valence-electron chi connectivity index (χ1n) is 6.98. The summed E-state index contributed by atoms with van der Waals surface area (Å²) in [4.78, 5) is 27.7. The number of aliphatic hydroxyl groups excluding tert-OH is 1. The molecule has 0 spiro atoms.